The Kier molecular flexibility index (Phi) is 3.85. The molecule has 1 heterocycles. The maximum absolute atomic E-state index is 13.2. The fourth-order valence-corrected chi connectivity index (χ4v) is 1.65. The third-order valence-electron chi connectivity index (χ3n) is 2.69. The lowest BCUT2D eigenvalue weighted by Crippen LogP contribution is -2.08. The average Bonchev–Trinajstić information content (AvgIpc) is 2.42. The molecule has 0 saturated heterocycles. The summed E-state index contributed by atoms with van der Waals surface area (Å²) in [6.45, 7) is 1.69. The van der Waals surface area contributed by atoms with Gasteiger partial charge < -0.3 is 4.74 Å². The van der Waals surface area contributed by atoms with Crippen molar-refractivity contribution in [1.82, 2.24) is 9.97 Å². The fraction of sp³-hybridized carbons (Fsp3) is 0.214. The van der Waals surface area contributed by atoms with Crippen molar-refractivity contribution in [3.63, 3.8) is 0 Å². The number of benzene rings is 1. The summed E-state index contributed by atoms with van der Waals surface area (Å²) in [5, 5.41) is 0. The quantitative estimate of drug-likeness (QED) is 0.795. The number of nitrogens with zero attached hydrogens (tertiary/aromatic N) is 2. The van der Waals surface area contributed by atoms with E-state index in [9.17, 15) is 9.18 Å². The van der Waals surface area contributed by atoms with E-state index < -0.39 is 5.97 Å². The molecule has 0 radical (unpaired) electrons. The minimum absolute atomic E-state index is 0.0184. The number of methoxy groups -OCH3 is 1. The van der Waals surface area contributed by atoms with Crippen molar-refractivity contribution in [3.8, 4) is 11.3 Å². The molecule has 0 amide bonds. The summed E-state index contributed by atoms with van der Waals surface area (Å²) in [7, 11) is 1.31. The van der Waals surface area contributed by atoms with Crippen molar-refractivity contribution in [3.05, 3.63) is 47.7 Å². The smallest absolute Gasteiger partial charge is 0.313 e. The maximum Gasteiger partial charge on any atom is 0.313 e. The van der Waals surface area contributed by atoms with E-state index in [4.69, 9.17) is 0 Å². The van der Waals surface area contributed by atoms with Crippen LogP contribution in [0.2, 0.25) is 0 Å². The SMILES string of the molecule is COC(=O)Cc1nccc(-c2ccc(F)c(C)c2)n1. The van der Waals surface area contributed by atoms with Crippen LogP contribution in [-0.4, -0.2) is 23.0 Å². The molecule has 0 unspecified atom stereocenters. The number of aromatic nitrogens is 2. The predicted molar refractivity (Wildman–Crippen MR) is 67.9 cm³/mol. The van der Waals surface area contributed by atoms with Crippen molar-refractivity contribution in [2.45, 2.75) is 13.3 Å². The maximum atomic E-state index is 13.2. The van der Waals surface area contributed by atoms with Crippen LogP contribution >= 0.6 is 0 Å². The number of hydrogen-bond donors (Lipinski definition) is 0. The first-order chi connectivity index (χ1) is 9.10. The monoisotopic (exact) mass is 260 g/mol. The minimum atomic E-state index is -0.396. The lowest BCUT2D eigenvalue weighted by Gasteiger charge is -2.05. The van der Waals surface area contributed by atoms with Gasteiger partial charge in [-0.25, -0.2) is 14.4 Å². The van der Waals surface area contributed by atoms with E-state index in [2.05, 4.69) is 14.7 Å². The molecule has 1 aromatic heterocycles. The van der Waals surface area contributed by atoms with Crippen LogP contribution in [0.4, 0.5) is 4.39 Å². The minimum Gasteiger partial charge on any atom is -0.469 e. The van der Waals surface area contributed by atoms with Crippen LogP contribution in [0.3, 0.4) is 0 Å². The van der Waals surface area contributed by atoms with Gasteiger partial charge in [0.15, 0.2) is 0 Å². The Balaban J connectivity index is 2.32. The number of esters is 1. The Morgan fingerprint density at radius 2 is 2.16 bits per heavy atom. The second-order valence-corrected chi connectivity index (χ2v) is 4.07. The van der Waals surface area contributed by atoms with Gasteiger partial charge in [-0.3, -0.25) is 4.79 Å². The largest absolute Gasteiger partial charge is 0.469 e. The molecule has 98 valence electrons. The van der Waals surface area contributed by atoms with Gasteiger partial charge in [0.1, 0.15) is 18.1 Å². The number of rotatable bonds is 3. The molecule has 1 aromatic carbocycles. The summed E-state index contributed by atoms with van der Waals surface area (Å²) >= 11 is 0. The number of hydrogen-bond acceptors (Lipinski definition) is 4. The second-order valence-electron chi connectivity index (χ2n) is 4.07. The topological polar surface area (TPSA) is 52.1 Å². The Bertz CT molecular complexity index is 614. The molecule has 0 saturated carbocycles. The molecule has 0 spiro atoms. The molecule has 5 heteroatoms. The first-order valence-electron chi connectivity index (χ1n) is 5.75. The number of halogens is 1. The van der Waals surface area contributed by atoms with E-state index in [1.807, 2.05) is 0 Å². The number of ether oxygens (including phenoxy) is 1. The van der Waals surface area contributed by atoms with Gasteiger partial charge >= 0.3 is 5.97 Å². The van der Waals surface area contributed by atoms with Crippen LogP contribution in [0, 0.1) is 12.7 Å². The highest BCUT2D eigenvalue weighted by Crippen LogP contribution is 2.19. The van der Waals surface area contributed by atoms with Gasteiger partial charge in [-0.15, -0.1) is 0 Å². The first-order valence-corrected chi connectivity index (χ1v) is 5.75. The van der Waals surface area contributed by atoms with Gasteiger partial charge in [-0.2, -0.15) is 0 Å². The van der Waals surface area contributed by atoms with E-state index in [0.717, 1.165) is 5.56 Å². The molecular formula is C14H13FN2O2. The molecule has 4 nitrogen and oxygen atoms in total. The van der Waals surface area contributed by atoms with Gasteiger partial charge in [0.05, 0.1) is 12.8 Å². The van der Waals surface area contributed by atoms with Gasteiger partial charge in [0.2, 0.25) is 0 Å². The third kappa shape index (κ3) is 3.13. The zero-order valence-corrected chi connectivity index (χ0v) is 10.7. The molecule has 0 bridgehead atoms. The average molecular weight is 260 g/mol. The lowest BCUT2D eigenvalue weighted by atomic mass is 10.1. The third-order valence-corrected chi connectivity index (χ3v) is 2.69. The van der Waals surface area contributed by atoms with Crippen molar-refractivity contribution in [2.75, 3.05) is 7.11 Å². The van der Waals surface area contributed by atoms with Crippen molar-refractivity contribution in [2.24, 2.45) is 0 Å². The van der Waals surface area contributed by atoms with E-state index in [0.29, 0.717) is 17.1 Å². The van der Waals surface area contributed by atoms with Gasteiger partial charge in [-0.1, -0.05) is 0 Å². The lowest BCUT2D eigenvalue weighted by molar-refractivity contribution is -0.139. The van der Waals surface area contributed by atoms with Crippen LogP contribution in [0.1, 0.15) is 11.4 Å². The highest BCUT2D eigenvalue weighted by Gasteiger charge is 2.08. The first kappa shape index (κ1) is 13.1. The molecule has 2 rings (SSSR count). The summed E-state index contributed by atoms with van der Waals surface area (Å²) in [6, 6.07) is 6.46. The van der Waals surface area contributed by atoms with Crippen LogP contribution in [0.25, 0.3) is 11.3 Å². The molecule has 0 aliphatic heterocycles. The van der Waals surface area contributed by atoms with Gasteiger partial charge in [-0.05, 0) is 36.8 Å². The van der Waals surface area contributed by atoms with Crippen LogP contribution in [0.5, 0.6) is 0 Å². The summed E-state index contributed by atoms with van der Waals surface area (Å²) in [5.41, 5.74) is 1.98. The van der Waals surface area contributed by atoms with Crippen LogP contribution in [-0.2, 0) is 16.0 Å². The van der Waals surface area contributed by atoms with Crippen LogP contribution in [0.15, 0.2) is 30.5 Å². The number of aryl methyl sites for hydroxylation is 1. The van der Waals surface area contributed by atoms with Crippen LogP contribution < -0.4 is 0 Å². The van der Waals surface area contributed by atoms with E-state index in [1.54, 1.807) is 31.3 Å². The molecule has 0 fully saturated rings. The summed E-state index contributed by atoms with van der Waals surface area (Å²) in [6.07, 6.45) is 1.59. The molecule has 0 N–H and O–H groups in total. The van der Waals surface area contributed by atoms with Gasteiger partial charge in [0, 0.05) is 11.8 Å². The Morgan fingerprint density at radius 3 is 2.84 bits per heavy atom. The van der Waals surface area contributed by atoms with Gasteiger partial charge in [0.25, 0.3) is 0 Å². The molecular weight excluding hydrogens is 247 g/mol. The van der Waals surface area contributed by atoms with E-state index in [-0.39, 0.29) is 12.2 Å². The normalized spacial score (nSPS) is 10.3. The Morgan fingerprint density at radius 1 is 1.37 bits per heavy atom. The molecule has 0 atom stereocenters. The predicted octanol–water partition coefficient (Wildman–Crippen LogP) is 2.31. The Hall–Kier alpha value is -2.30. The standard InChI is InChI=1S/C14H13FN2O2/c1-9-7-10(3-4-11(9)15)12-5-6-16-13(17-12)8-14(18)19-2/h3-7H,8H2,1-2H3. The summed E-state index contributed by atoms with van der Waals surface area (Å²) in [4.78, 5) is 19.5. The highest BCUT2D eigenvalue weighted by molar-refractivity contribution is 5.71. The van der Waals surface area contributed by atoms with E-state index >= 15 is 0 Å². The summed E-state index contributed by atoms with van der Waals surface area (Å²) < 4.78 is 17.8. The van der Waals surface area contributed by atoms with Crippen molar-refractivity contribution in [1.29, 1.82) is 0 Å². The van der Waals surface area contributed by atoms with Crippen molar-refractivity contribution < 1.29 is 13.9 Å². The zero-order chi connectivity index (χ0) is 13.8. The molecule has 0 aliphatic carbocycles. The zero-order valence-electron chi connectivity index (χ0n) is 10.7. The highest BCUT2D eigenvalue weighted by atomic mass is 19.1. The molecule has 0 aliphatic rings. The number of carbonyl (C=O) groups excluding carboxylic acids is 1. The fourth-order valence-electron chi connectivity index (χ4n) is 1.65. The van der Waals surface area contributed by atoms with Crippen molar-refractivity contribution >= 4 is 5.97 Å². The number of carbonyl (C=O) groups is 1. The summed E-state index contributed by atoms with van der Waals surface area (Å²) in [5.74, 6) is -0.272. The Labute approximate surface area is 110 Å². The molecule has 19 heavy (non-hydrogen) atoms. The van der Waals surface area contributed by atoms with E-state index in [1.165, 1.54) is 13.2 Å². The molecule has 2 aromatic rings. The second kappa shape index (κ2) is 5.56.